The predicted octanol–water partition coefficient (Wildman–Crippen LogP) is 2.32. The second-order valence-electron chi connectivity index (χ2n) is 8.29. The second kappa shape index (κ2) is 9.79. The van der Waals surface area contributed by atoms with Gasteiger partial charge in [0.1, 0.15) is 11.7 Å². The Morgan fingerprint density at radius 1 is 1.38 bits per heavy atom. The highest BCUT2D eigenvalue weighted by molar-refractivity contribution is 5.98. The number of amides is 2. The summed E-state index contributed by atoms with van der Waals surface area (Å²) in [5.41, 5.74) is 2.38. The van der Waals surface area contributed by atoms with Gasteiger partial charge in [0.2, 0.25) is 11.8 Å². The van der Waals surface area contributed by atoms with Crippen molar-refractivity contribution in [2.75, 3.05) is 26.7 Å². The van der Waals surface area contributed by atoms with Crippen molar-refractivity contribution < 1.29 is 19.4 Å². The molecule has 1 aliphatic heterocycles. The van der Waals surface area contributed by atoms with Gasteiger partial charge in [0, 0.05) is 38.2 Å². The number of rotatable bonds is 5. The molecular formula is C24H28N4O4. The second-order valence-corrected chi connectivity index (χ2v) is 8.29. The van der Waals surface area contributed by atoms with Crippen molar-refractivity contribution in [1.82, 2.24) is 14.8 Å². The van der Waals surface area contributed by atoms with Gasteiger partial charge < -0.3 is 19.6 Å². The summed E-state index contributed by atoms with van der Waals surface area (Å²) < 4.78 is 6.17. The minimum absolute atomic E-state index is 0.0798. The van der Waals surface area contributed by atoms with Crippen LogP contribution in [0.1, 0.15) is 36.7 Å². The molecule has 0 radical (unpaired) electrons. The fraction of sp³-hybridized carbons (Fsp3) is 0.417. The summed E-state index contributed by atoms with van der Waals surface area (Å²) in [7, 11) is 1.71. The third-order valence-corrected chi connectivity index (χ3v) is 5.86. The largest absolute Gasteiger partial charge is 0.472 e. The van der Waals surface area contributed by atoms with E-state index in [0.29, 0.717) is 29.8 Å². The summed E-state index contributed by atoms with van der Waals surface area (Å²) in [6.07, 6.45) is 1.25. The van der Waals surface area contributed by atoms with Crippen LogP contribution in [0, 0.1) is 17.2 Å². The maximum atomic E-state index is 13.4. The number of nitrogens with zero attached hydrogens (tertiary/aromatic N) is 4. The molecule has 168 valence electrons. The zero-order chi connectivity index (χ0) is 23.4. The predicted molar refractivity (Wildman–Crippen MR) is 119 cm³/mol. The number of aromatic nitrogens is 1. The molecule has 1 N–H and O–H groups in total. The summed E-state index contributed by atoms with van der Waals surface area (Å²) in [4.78, 5) is 32.9. The van der Waals surface area contributed by atoms with E-state index in [1.54, 1.807) is 60.3 Å². The van der Waals surface area contributed by atoms with Crippen LogP contribution >= 0.6 is 0 Å². The number of ether oxygens (including phenoxy) is 1. The van der Waals surface area contributed by atoms with E-state index in [0.717, 1.165) is 5.56 Å². The molecule has 1 aromatic carbocycles. The number of fused-ring (bicyclic) bond motifs is 1. The first kappa shape index (κ1) is 23.2. The number of pyridine rings is 1. The zero-order valence-electron chi connectivity index (χ0n) is 18.8. The standard InChI is InChI=1S/C24H28N4O4/c1-15-12-28(16(2)14-29)24(31)21-9-20(19-7-5-18(10-25)6-8-19)11-26-23(21)32-22(15)13-27(4)17(3)30/h5-9,11,15-16,22,29H,12-14H2,1-4H3/t15-,16+,22+/m1/s1. The molecule has 32 heavy (non-hydrogen) atoms. The lowest BCUT2D eigenvalue weighted by Gasteiger charge is -2.37. The summed E-state index contributed by atoms with van der Waals surface area (Å²) >= 11 is 0. The Bertz CT molecular complexity index is 1030. The number of nitriles is 1. The highest BCUT2D eigenvalue weighted by Crippen LogP contribution is 2.30. The third-order valence-electron chi connectivity index (χ3n) is 5.86. The van der Waals surface area contributed by atoms with Gasteiger partial charge in [0.25, 0.3) is 5.91 Å². The molecule has 0 aliphatic carbocycles. The molecule has 1 aliphatic rings. The monoisotopic (exact) mass is 436 g/mol. The summed E-state index contributed by atoms with van der Waals surface area (Å²) in [6, 6.07) is 10.4. The van der Waals surface area contributed by atoms with Crippen molar-refractivity contribution in [3.63, 3.8) is 0 Å². The highest BCUT2D eigenvalue weighted by Gasteiger charge is 2.34. The van der Waals surface area contributed by atoms with Crippen molar-refractivity contribution in [2.45, 2.75) is 32.9 Å². The maximum Gasteiger partial charge on any atom is 0.259 e. The minimum Gasteiger partial charge on any atom is -0.472 e. The van der Waals surface area contributed by atoms with Crippen molar-refractivity contribution in [1.29, 1.82) is 5.26 Å². The van der Waals surface area contributed by atoms with Crippen LogP contribution in [0.5, 0.6) is 5.88 Å². The van der Waals surface area contributed by atoms with Crippen molar-refractivity contribution in [2.24, 2.45) is 5.92 Å². The highest BCUT2D eigenvalue weighted by atomic mass is 16.5. The average molecular weight is 437 g/mol. The topological polar surface area (TPSA) is 107 Å². The van der Waals surface area contributed by atoms with E-state index in [1.165, 1.54) is 6.92 Å². The van der Waals surface area contributed by atoms with E-state index in [4.69, 9.17) is 10.00 Å². The smallest absolute Gasteiger partial charge is 0.259 e. The van der Waals surface area contributed by atoms with Gasteiger partial charge >= 0.3 is 0 Å². The Kier molecular flexibility index (Phi) is 7.11. The van der Waals surface area contributed by atoms with Crippen LogP contribution in [0.2, 0.25) is 0 Å². The van der Waals surface area contributed by atoms with Crippen LogP contribution in [0.4, 0.5) is 0 Å². The van der Waals surface area contributed by atoms with E-state index >= 15 is 0 Å². The third kappa shape index (κ3) is 4.89. The number of carbonyl (C=O) groups excluding carboxylic acids is 2. The Labute approximate surface area is 188 Å². The molecule has 0 fully saturated rings. The lowest BCUT2D eigenvalue weighted by atomic mass is 9.99. The van der Waals surface area contributed by atoms with Gasteiger partial charge in [-0.05, 0) is 30.7 Å². The molecular weight excluding hydrogens is 408 g/mol. The van der Waals surface area contributed by atoms with E-state index in [-0.39, 0.29) is 42.4 Å². The summed E-state index contributed by atoms with van der Waals surface area (Å²) in [6.45, 7) is 5.80. The van der Waals surface area contributed by atoms with Crippen LogP contribution in [-0.2, 0) is 4.79 Å². The molecule has 8 heteroatoms. The van der Waals surface area contributed by atoms with Crippen molar-refractivity contribution in [3.8, 4) is 23.1 Å². The van der Waals surface area contributed by atoms with Crippen LogP contribution in [0.15, 0.2) is 36.5 Å². The number of hydrogen-bond acceptors (Lipinski definition) is 6. The molecule has 1 aromatic heterocycles. The number of aliphatic hydroxyl groups excluding tert-OH is 1. The molecule has 3 rings (SSSR count). The molecule has 3 atom stereocenters. The molecule has 0 spiro atoms. The minimum atomic E-state index is -0.388. The average Bonchev–Trinajstić information content (AvgIpc) is 2.80. The first-order valence-electron chi connectivity index (χ1n) is 10.6. The van der Waals surface area contributed by atoms with Gasteiger partial charge in [-0.15, -0.1) is 0 Å². The number of likely N-dealkylation sites (N-methyl/N-ethyl adjacent to an activating group) is 1. The maximum absolute atomic E-state index is 13.4. The Hall–Kier alpha value is -3.44. The first-order chi connectivity index (χ1) is 15.2. The molecule has 0 saturated carbocycles. The fourth-order valence-corrected chi connectivity index (χ4v) is 3.61. The SMILES string of the molecule is CC(=O)N(C)C[C@@H]1Oc2ncc(-c3ccc(C#N)cc3)cc2C(=O)N([C@@H](C)CO)C[C@H]1C. The molecule has 2 aromatic rings. The lowest BCUT2D eigenvalue weighted by molar-refractivity contribution is -0.129. The Morgan fingerprint density at radius 3 is 2.66 bits per heavy atom. The molecule has 2 amide bonds. The van der Waals surface area contributed by atoms with Crippen molar-refractivity contribution in [3.05, 3.63) is 47.7 Å². The van der Waals surface area contributed by atoms with E-state index < -0.39 is 0 Å². The number of hydrogen-bond donors (Lipinski definition) is 1. The van der Waals surface area contributed by atoms with Gasteiger partial charge in [-0.3, -0.25) is 9.59 Å². The zero-order valence-corrected chi connectivity index (χ0v) is 18.8. The summed E-state index contributed by atoms with van der Waals surface area (Å²) in [5, 5.41) is 18.8. The molecule has 2 heterocycles. The Morgan fingerprint density at radius 2 is 2.06 bits per heavy atom. The summed E-state index contributed by atoms with van der Waals surface area (Å²) in [5.74, 6) is -0.238. The first-order valence-corrected chi connectivity index (χ1v) is 10.6. The van der Waals surface area contributed by atoms with Gasteiger partial charge in [-0.25, -0.2) is 4.98 Å². The molecule has 8 nitrogen and oxygen atoms in total. The van der Waals surface area contributed by atoms with Crippen LogP contribution in [0.3, 0.4) is 0 Å². The van der Waals surface area contributed by atoms with E-state index in [1.807, 2.05) is 6.92 Å². The van der Waals surface area contributed by atoms with Gasteiger partial charge in [-0.1, -0.05) is 19.1 Å². The molecule has 0 bridgehead atoms. The van der Waals surface area contributed by atoms with E-state index in [2.05, 4.69) is 11.1 Å². The fourth-order valence-electron chi connectivity index (χ4n) is 3.61. The number of carbonyl (C=O) groups is 2. The lowest BCUT2D eigenvalue weighted by Crippen LogP contribution is -2.50. The number of aliphatic hydroxyl groups is 1. The Balaban J connectivity index is 2.05. The van der Waals surface area contributed by atoms with Crippen LogP contribution < -0.4 is 4.74 Å². The van der Waals surface area contributed by atoms with Crippen molar-refractivity contribution >= 4 is 11.8 Å². The molecule has 0 unspecified atom stereocenters. The van der Waals surface area contributed by atoms with Gasteiger partial charge in [0.05, 0.1) is 30.8 Å². The van der Waals surface area contributed by atoms with E-state index in [9.17, 15) is 14.7 Å². The molecule has 0 saturated heterocycles. The quantitative estimate of drug-likeness (QED) is 0.771. The van der Waals surface area contributed by atoms with Crippen LogP contribution in [0.25, 0.3) is 11.1 Å². The number of benzene rings is 1. The van der Waals surface area contributed by atoms with Gasteiger partial charge in [0.15, 0.2) is 0 Å². The van der Waals surface area contributed by atoms with Crippen LogP contribution in [-0.4, -0.2) is 70.6 Å². The normalized spacial score (nSPS) is 19.1. The van der Waals surface area contributed by atoms with Gasteiger partial charge in [-0.2, -0.15) is 5.26 Å².